The molecule has 5 heteroatoms. The highest BCUT2D eigenvalue weighted by Crippen LogP contribution is 2.22. The number of para-hydroxylation sites is 1. The van der Waals surface area contributed by atoms with Crippen LogP contribution < -0.4 is 10.1 Å². The summed E-state index contributed by atoms with van der Waals surface area (Å²) in [6.45, 7) is 1.27. The number of hydrogen-bond donors (Lipinski definition) is 1. The molecule has 2 aromatic rings. The molecule has 4 nitrogen and oxygen atoms in total. The average molecular weight is 423 g/mol. The molecule has 0 spiro atoms. The van der Waals surface area contributed by atoms with Crippen molar-refractivity contribution < 1.29 is 14.3 Å². The third-order valence-electron chi connectivity index (χ3n) is 3.68. The first kappa shape index (κ1) is 16.3. The van der Waals surface area contributed by atoms with E-state index in [-0.39, 0.29) is 12.0 Å². The van der Waals surface area contributed by atoms with Gasteiger partial charge in [0.25, 0.3) is 5.91 Å². The van der Waals surface area contributed by atoms with Crippen LogP contribution >= 0.6 is 22.6 Å². The summed E-state index contributed by atoms with van der Waals surface area (Å²) in [5.41, 5.74) is 1.30. The smallest absolute Gasteiger partial charge is 0.259 e. The summed E-state index contributed by atoms with van der Waals surface area (Å²) in [6.07, 6.45) is 2.21. The van der Waals surface area contributed by atoms with E-state index in [2.05, 4.69) is 27.9 Å². The van der Waals surface area contributed by atoms with Gasteiger partial charge in [-0.3, -0.25) is 4.79 Å². The number of ether oxygens (including phenoxy) is 2. The molecule has 1 heterocycles. The van der Waals surface area contributed by atoms with Gasteiger partial charge in [-0.05, 0) is 71.8 Å². The summed E-state index contributed by atoms with van der Waals surface area (Å²) >= 11 is 2.23. The summed E-state index contributed by atoms with van der Waals surface area (Å²) in [4.78, 5) is 12.5. The average Bonchev–Trinajstić information content (AvgIpc) is 3.09. The minimum Gasteiger partial charge on any atom is -0.490 e. The monoisotopic (exact) mass is 423 g/mol. The Morgan fingerprint density at radius 3 is 2.74 bits per heavy atom. The molecule has 0 bridgehead atoms. The Hall–Kier alpha value is -1.60. The Morgan fingerprint density at radius 2 is 2.00 bits per heavy atom. The minimum absolute atomic E-state index is 0.127. The predicted molar refractivity (Wildman–Crippen MR) is 98.0 cm³/mol. The fourth-order valence-electron chi connectivity index (χ4n) is 2.47. The standard InChI is InChI=1S/C18H18INO3/c19-13-7-9-14(10-8-13)20-18(21)16-5-1-2-6-17(16)23-12-15-4-3-11-22-15/h1-2,5-10,15H,3-4,11-12H2,(H,20,21). The zero-order valence-electron chi connectivity index (χ0n) is 12.6. The van der Waals surface area contributed by atoms with E-state index in [0.717, 1.165) is 28.7 Å². The third kappa shape index (κ3) is 4.45. The van der Waals surface area contributed by atoms with Crippen LogP contribution in [0.3, 0.4) is 0 Å². The molecule has 2 aromatic carbocycles. The second-order valence-electron chi connectivity index (χ2n) is 5.40. The molecule has 1 fully saturated rings. The summed E-state index contributed by atoms with van der Waals surface area (Å²) in [5, 5.41) is 2.90. The zero-order chi connectivity index (χ0) is 16.1. The van der Waals surface area contributed by atoms with Crippen molar-refractivity contribution >= 4 is 34.2 Å². The fraction of sp³-hybridized carbons (Fsp3) is 0.278. The summed E-state index contributed by atoms with van der Waals surface area (Å²) in [5.74, 6) is 0.417. The van der Waals surface area contributed by atoms with E-state index in [1.807, 2.05) is 42.5 Å². The molecule has 0 radical (unpaired) electrons. The molecule has 0 saturated carbocycles. The van der Waals surface area contributed by atoms with Crippen molar-refractivity contribution in [2.45, 2.75) is 18.9 Å². The highest BCUT2D eigenvalue weighted by molar-refractivity contribution is 14.1. The van der Waals surface area contributed by atoms with Gasteiger partial charge in [0.05, 0.1) is 11.7 Å². The topological polar surface area (TPSA) is 47.6 Å². The molecule has 1 N–H and O–H groups in total. The van der Waals surface area contributed by atoms with Crippen molar-refractivity contribution in [3.63, 3.8) is 0 Å². The van der Waals surface area contributed by atoms with Crippen molar-refractivity contribution in [2.24, 2.45) is 0 Å². The van der Waals surface area contributed by atoms with E-state index in [9.17, 15) is 4.79 Å². The lowest BCUT2D eigenvalue weighted by Gasteiger charge is -2.14. The Bertz CT molecular complexity index is 666. The number of benzene rings is 2. The van der Waals surface area contributed by atoms with Crippen molar-refractivity contribution in [3.05, 3.63) is 57.7 Å². The van der Waals surface area contributed by atoms with Crippen LogP contribution in [0.2, 0.25) is 0 Å². The van der Waals surface area contributed by atoms with Crippen LogP contribution in [0.15, 0.2) is 48.5 Å². The van der Waals surface area contributed by atoms with E-state index < -0.39 is 0 Å². The molecule has 1 saturated heterocycles. The molecule has 1 aliphatic rings. The normalized spacial score (nSPS) is 17.0. The Kier molecular flexibility index (Phi) is 5.51. The Labute approximate surface area is 149 Å². The molecule has 0 aromatic heterocycles. The Balaban J connectivity index is 1.68. The van der Waals surface area contributed by atoms with E-state index in [1.54, 1.807) is 6.07 Å². The maximum Gasteiger partial charge on any atom is 0.259 e. The molecule has 1 amide bonds. The van der Waals surface area contributed by atoms with Gasteiger partial charge in [-0.25, -0.2) is 0 Å². The molecule has 1 atom stereocenters. The van der Waals surface area contributed by atoms with Gasteiger partial charge in [0, 0.05) is 15.9 Å². The first-order valence-corrected chi connectivity index (χ1v) is 8.70. The second kappa shape index (κ2) is 7.79. The Morgan fingerprint density at radius 1 is 1.22 bits per heavy atom. The van der Waals surface area contributed by atoms with Gasteiger partial charge < -0.3 is 14.8 Å². The first-order valence-electron chi connectivity index (χ1n) is 7.63. The lowest BCUT2D eigenvalue weighted by atomic mass is 10.1. The number of amides is 1. The van der Waals surface area contributed by atoms with Crippen molar-refractivity contribution in [3.8, 4) is 5.75 Å². The number of halogens is 1. The van der Waals surface area contributed by atoms with Gasteiger partial charge in [0.15, 0.2) is 0 Å². The van der Waals surface area contributed by atoms with Gasteiger partial charge in [0.2, 0.25) is 0 Å². The number of rotatable bonds is 5. The van der Waals surface area contributed by atoms with Crippen molar-refractivity contribution in [1.29, 1.82) is 0 Å². The molecule has 120 valence electrons. The summed E-state index contributed by atoms with van der Waals surface area (Å²) < 4.78 is 12.5. The quantitative estimate of drug-likeness (QED) is 0.737. The van der Waals surface area contributed by atoms with Crippen LogP contribution in [0.1, 0.15) is 23.2 Å². The maximum absolute atomic E-state index is 12.5. The number of anilines is 1. The van der Waals surface area contributed by atoms with Crippen LogP contribution in [0.4, 0.5) is 5.69 Å². The minimum atomic E-state index is -0.172. The molecule has 1 unspecified atom stereocenters. The van der Waals surface area contributed by atoms with Gasteiger partial charge in [-0.2, -0.15) is 0 Å². The van der Waals surface area contributed by atoms with Crippen molar-refractivity contribution in [1.82, 2.24) is 0 Å². The highest BCUT2D eigenvalue weighted by Gasteiger charge is 2.18. The van der Waals surface area contributed by atoms with Crippen LogP contribution in [-0.2, 0) is 4.74 Å². The summed E-state index contributed by atoms with van der Waals surface area (Å²) in [6, 6.07) is 15.0. The van der Waals surface area contributed by atoms with Gasteiger partial charge in [0.1, 0.15) is 12.4 Å². The van der Waals surface area contributed by atoms with Gasteiger partial charge in [-0.1, -0.05) is 12.1 Å². The van der Waals surface area contributed by atoms with Crippen LogP contribution in [0.5, 0.6) is 5.75 Å². The molecular weight excluding hydrogens is 405 g/mol. The van der Waals surface area contributed by atoms with E-state index >= 15 is 0 Å². The molecule has 3 rings (SSSR count). The fourth-order valence-corrected chi connectivity index (χ4v) is 2.83. The molecule has 1 aliphatic heterocycles. The first-order chi connectivity index (χ1) is 11.2. The van der Waals surface area contributed by atoms with Gasteiger partial charge >= 0.3 is 0 Å². The van der Waals surface area contributed by atoms with E-state index in [1.165, 1.54) is 0 Å². The number of carbonyl (C=O) groups is 1. The zero-order valence-corrected chi connectivity index (χ0v) is 14.8. The lowest BCUT2D eigenvalue weighted by Crippen LogP contribution is -2.19. The lowest BCUT2D eigenvalue weighted by molar-refractivity contribution is 0.0673. The summed E-state index contributed by atoms with van der Waals surface area (Å²) in [7, 11) is 0. The second-order valence-corrected chi connectivity index (χ2v) is 6.65. The number of nitrogens with one attached hydrogen (secondary N) is 1. The van der Waals surface area contributed by atoms with Crippen molar-refractivity contribution in [2.75, 3.05) is 18.5 Å². The predicted octanol–water partition coefficient (Wildman–Crippen LogP) is 4.10. The largest absolute Gasteiger partial charge is 0.490 e. The third-order valence-corrected chi connectivity index (χ3v) is 4.40. The van der Waals surface area contributed by atoms with Gasteiger partial charge in [-0.15, -0.1) is 0 Å². The molecule has 0 aliphatic carbocycles. The van der Waals surface area contributed by atoms with Crippen LogP contribution in [-0.4, -0.2) is 25.2 Å². The van der Waals surface area contributed by atoms with Crippen LogP contribution in [0, 0.1) is 3.57 Å². The number of hydrogen-bond acceptors (Lipinski definition) is 3. The van der Waals surface area contributed by atoms with E-state index in [0.29, 0.717) is 17.9 Å². The number of carbonyl (C=O) groups excluding carboxylic acids is 1. The molecular formula is C18H18INO3. The molecule has 23 heavy (non-hydrogen) atoms. The highest BCUT2D eigenvalue weighted by atomic mass is 127. The van der Waals surface area contributed by atoms with E-state index in [4.69, 9.17) is 9.47 Å². The van der Waals surface area contributed by atoms with Crippen LogP contribution in [0.25, 0.3) is 0 Å². The SMILES string of the molecule is O=C(Nc1ccc(I)cc1)c1ccccc1OCC1CCCO1. The maximum atomic E-state index is 12.5.